The topological polar surface area (TPSA) is 55.5 Å². The maximum atomic E-state index is 12.1. The minimum atomic E-state index is -4.73. The molecular formula is C15H14BrClF3NO2. The molecule has 3 N–H and O–H groups in total. The summed E-state index contributed by atoms with van der Waals surface area (Å²) in [5, 5.41) is 10.1. The Morgan fingerprint density at radius 1 is 1.17 bits per heavy atom. The fraction of sp³-hybridized carbons (Fsp3) is 0.200. The number of nitrogens with two attached hydrogens (primary N) is 1. The van der Waals surface area contributed by atoms with Crippen LogP contribution in [0.3, 0.4) is 0 Å². The van der Waals surface area contributed by atoms with Gasteiger partial charge in [0, 0.05) is 10.0 Å². The van der Waals surface area contributed by atoms with E-state index in [2.05, 4.69) is 20.7 Å². The minimum Gasteiger partial charge on any atom is -0.507 e. The number of ether oxygens (including phenoxy) is 1. The summed E-state index contributed by atoms with van der Waals surface area (Å²) < 4.78 is 40.9. The monoisotopic (exact) mass is 411 g/mol. The van der Waals surface area contributed by atoms with Crippen molar-refractivity contribution in [3.8, 4) is 11.5 Å². The highest BCUT2D eigenvalue weighted by Gasteiger charge is 2.31. The predicted molar refractivity (Wildman–Crippen MR) is 86.9 cm³/mol. The first kappa shape index (κ1) is 19.6. The third kappa shape index (κ3) is 5.02. The molecule has 2 rings (SSSR count). The number of alkyl halides is 3. The molecule has 0 spiro atoms. The molecule has 23 heavy (non-hydrogen) atoms. The zero-order valence-corrected chi connectivity index (χ0v) is 14.3. The normalized spacial score (nSPS) is 12.4. The van der Waals surface area contributed by atoms with Gasteiger partial charge in [-0.25, -0.2) is 0 Å². The Morgan fingerprint density at radius 3 is 2.26 bits per heavy atom. The summed E-state index contributed by atoms with van der Waals surface area (Å²) in [7, 11) is 0. The number of aryl methyl sites for hydroxylation is 1. The molecule has 0 unspecified atom stereocenters. The molecule has 0 aliphatic rings. The quantitative estimate of drug-likeness (QED) is 0.759. The Morgan fingerprint density at radius 2 is 1.74 bits per heavy atom. The minimum absolute atomic E-state index is 0. The van der Waals surface area contributed by atoms with Crippen molar-refractivity contribution in [2.24, 2.45) is 5.73 Å². The molecular weight excluding hydrogens is 399 g/mol. The van der Waals surface area contributed by atoms with Crippen LogP contribution in [-0.2, 0) is 0 Å². The molecule has 0 heterocycles. The van der Waals surface area contributed by atoms with Crippen LogP contribution in [0, 0.1) is 6.92 Å². The van der Waals surface area contributed by atoms with Crippen LogP contribution in [0.25, 0.3) is 0 Å². The van der Waals surface area contributed by atoms with Gasteiger partial charge in [-0.2, -0.15) is 0 Å². The Hall–Kier alpha value is -1.44. The summed E-state index contributed by atoms with van der Waals surface area (Å²) >= 11 is 3.32. The number of aromatic hydroxyl groups is 1. The first-order valence-electron chi connectivity index (χ1n) is 6.27. The summed E-state index contributed by atoms with van der Waals surface area (Å²) in [5.74, 6) is -0.260. The summed E-state index contributed by atoms with van der Waals surface area (Å²) in [6, 6.07) is 7.98. The first-order chi connectivity index (χ1) is 10.2. The number of hydrogen-bond acceptors (Lipinski definition) is 3. The first-order valence-corrected chi connectivity index (χ1v) is 7.07. The van der Waals surface area contributed by atoms with E-state index in [1.54, 1.807) is 19.1 Å². The lowest BCUT2D eigenvalue weighted by molar-refractivity contribution is -0.274. The molecule has 3 nitrogen and oxygen atoms in total. The highest BCUT2D eigenvalue weighted by Crippen LogP contribution is 2.34. The highest BCUT2D eigenvalue weighted by atomic mass is 79.9. The van der Waals surface area contributed by atoms with Gasteiger partial charge in [0.1, 0.15) is 11.5 Å². The highest BCUT2D eigenvalue weighted by molar-refractivity contribution is 9.10. The molecule has 2 aromatic carbocycles. The van der Waals surface area contributed by atoms with Gasteiger partial charge in [0.25, 0.3) is 0 Å². The molecule has 126 valence electrons. The Balaban J connectivity index is 0.00000264. The van der Waals surface area contributed by atoms with Crippen LogP contribution >= 0.6 is 28.3 Å². The van der Waals surface area contributed by atoms with E-state index < -0.39 is 12.4 Å². The average molecular weight is 413 g/mol. The van der Waals surface area contributed by atoms with Gasteiger partial charge in [0.15, 0.2) is 0 Å². The number of halogens is 5. The maximum absolute atomic E-state index is 12.1. The van der Waals surface area contributed by atoms with Crippen molar-refractivity contribution in [2.45, 2.75) is 19.3 Å². The third-order valence-electron chi connectivity index (χ3n) is 3.10. The predicted octanol–water partition coefficient (Wildman–Crippen LogP) is 4.83. The molecule has 0 fully saturated rings. The van der Waals surface area contributed by atoms with Crippen LogP contribution in [0.2, 0.25) is 0 Å². The van der Waals surface area contributed by atoms with Crippen LogP contribution in [0.1, 0.15) is 22.7 Å². The van der Waals surface area contributed by atoms with E-state index in [-0.39, 0.29) is 23.9 Å². The van der Waals surface area contributed by atoms with Gasteiger partial charge in [-0.3, -0.25) is 0 Å². The van der Waals surface area contributed by atoms with Crippen LogP contribution in [-0.4, -0.2) is 11.5 Å². The maximum Gasteiger partial charge on any atom is 0.573 e. The van der Waals surface area contributed by atoms with Crippen molar-refractivity contribution in [1.82, 2.24) is 0 Å². The molecule has 2 aromatic rings. The fourth-order valence-corrected chi connectivity index (χ4v) is 2.64. The van der Waals surface area contributed by atoms with Crippen molar-refractivity contribution in [3.63, 3.8) is 0 Å². The Labute approximate surface area is 145 Å². The van der Waals surface area contributed by atoms with E-state index in [1.807, 2.05) is 0 Å². The molecule has 0 bridgehead atoms. The summed E-state index contributed by atoms with van der Waals surface area (Å²) in [6.07, 6.45) is -4.73. The molecule has 1 atom stereocenters. The Bertz CT molecular complexity index is 678. The van der Waals surface area contributed by atoms with Crippen molar-refractivity contribution >= 4 is 28.3 Å². The number of hydrogen-bond donors (Lipinski definition) is 2. The van der Waals surface area contributed by atoms with Gasteiger partial charge in [-0.15, -0.1) is 25.6 Å². The van der Waals surface area contributed by atoms with Gasteiger partial charge in [-0.1, -0.05) is 28.1 Å². The number of benzene rings is 2. The van der Waals surface area contributed by atoms with E-state index >= 15 is 0 Å². The van der Waals surface area contributed by atoms with Crippen LogP contribution in [0.4, 0.5) is 13.2 Å². The van der Waals surface area contributed by atoms with Gasteiger partial charge in [0.2, 0.25) is 0 Å². The smallest absolute Gasteiger partial charge is 0.507 e. The summed E-state index contributed by atoms with van der Waals surface area (Å²) in [5.41, 5.74) is 7.78. The fourth-order valence-electron chi connectivity index (χ4n) is 2.05. The lowest BCUT2D eigenvalue weighted by Crippen LogP contribution is -2.17. The van der Waals surface area contributed by atoms with Gasteiger partial charge >= 0.3 is 6.36 Å². The number of rotatable bonds is 3. The lowest BCUT2D eigenvalue weighted by atomic mass is 9.97. The van der Waals surface area contributed by atoms with Crippen molar-refractivity contribution in [3.05, 3.63) is 57.6 Å². The van der Waals surface area contributed by atoms with E-state index in [9.17, 15) is 18.3 Å². The second-order valence-electron chi connectivity index (χ2n) is 4.76. The van der Waals surface area contributed by atoms with E-state index in [0.29, 0.717) is 16.7 Å². The van der Waals surface area contributed by atoms with Crippen LogP contribution < -0.4 is 10.5 Å². The van der Waals surface area contributed by atoms with Crippen LogP contribution in [0.5, 0.6) is 11.5 Å². The summed E-state index contributed by atoms with van der Waals surface area (Å²) in [4.78, 5) is 0. The molecule has 0 aliphatic carbocycles. The Kier molecular flexibility index (Phi) is 6.33. The second-order valence-corrected chi connectivity index (χ2v) is 5.67. The van der Waals surface area contributed by atoms with Gasteiger partial charge < -0.3 is 15.6 Å². The third-order valence-corrected chi connectivity index (χ3v) is 3.56. The average Bonchev–Trinajstić information content (AvgIpc) is 2.41. The summed E-state index contributed by atoms with van der Waals surface area (Å²) in [6.45, 7) is 1.73. The van der Waals surface area contributed by atoms with Gasteiger partial charge in [0.05, 0.1) is 6.04 Å². The molecule has 0 saturated heterocycles. The number of phenolic OH excluding ortho intramolecular Hbond substituents is 1. The van der Waals surface area contributed by atoms with Crippen molar-refractivity contribution < 1.29 is 23.0 Å². The molecule has 0 aromatic heterocycles. The molecule has 0 amide bonds. The number of phenols is 1. The molecule has 8 heteroatoms. The second kappa shape index (κ2) is 7.42. The standard InChI is InChI=1S/C15H13BrF3NO2.ClH/c1-8-6-10(16)7-12(14(8)21)13(20)9-2-4-11(5-3-9)22-15(17,18)19;/h2-7,13,21H,20H2,1H3;1H/t13-;/m0./s1. The SMILES string of the molecule is Cc1cc(Br)cc([C@@H](N)c2ccc(OC(F)(F)F)cc2)c1O.Cl. The van der Waals surface area contributed by atoms with Gasteiger partial charge in [-0.05, 0) is 42.3 Å². The molecule has 0 radical (unpaired) electrons. The van der Waals surface area contributed by atoms with Crippen molar-refractivity contribution in [2.75, 3.05) is 0 Å². The zero-order chi connectivity index (χ0) is 16.5. The van der Waals surface area contributed by atoms with Crippen molar-refractivity contribution in [1.29, 1.82) is 0 Å². The van der Waals surface area contributed by atoms with E-state index in [1.165, 1.54) is 24.3 Å². The lowest BCUT2D eigenvalue weighted by Gasteiger charge is -2.17. The zero-order valence-electron chi connectivity index (χ0n) is 11.9. The van der Waals surface area contributed by atoms with E-state index in [0.717, 1.165) is 4.47 Å². The van der Waals surface area contributed by atoms with E-state index in [4.69, 9.17) is 5.73 Å². The molecule has 0 saturated carbocycles. The molecule has 0 aliphatic heterocycles. The van der Waals surface area contributed by atoms with Crippen LogP contribution in [0.15, 0.2) is 40.9 Å². The largest absolute Gasteiger partial charge is 0.573 e.